The molecule has 6 heteroatoms. The second-order valence-electron chi connectivity index (χ2n) is 4.95. The van der Waals surface area contributed by atoms with Crippen molar-refractivity contribution < 1.29 is 9.18 Å². The fourth-order valence-corrected chi connectivity index (χ4v) is 1.93. The lowest BCUT2D eigenvalue weighted by atomic mass is 10.2. The lowest BCUT2D eigenvalue weighted by Gasteiger charge is -2.21. The molecular formula is C15H21FN4O. The molecule has 1 rings (SSSR count). The molecule has 0 aliphatic heterocycles. The van der Waals surface area contributed by atoms with E-state index >= 15 is 0 Å². The molecule has 114 valence electrons. The molecule has 21 heavy (non-hydrogen) atoms. The zero-order valence-electron chi connectivity index (χ0n) is 12.4. The monoisotopic (exact) mass is 292 g/mol. The normalized spacial score (nSPS) is 12.0. The van der Waals surface area contributed by atoms with Crippen LogP contribution in [0.5, 0.6) is 0 Å². The molecule has 0 aliphatic rings. The Hall–Kier alpha value is -2.13. The summed E-state index contributed by atoms with van der Waals surface area (Å²) in [6.07, 6.45) is 0.294. The summed E-state index contributed by atoms with van der Waals surface area (Å²) in [5.74, 6) is -0.690. The van der Waals surface area contributed by atoms with Gasteiger partial charge in [-0.1, -0.05) is 6.92 Å². The lowest BCUT2D eigenvalue weighted by molar-refractivity contribution is -0.116. The topological polar surface area (TPSA) is 82.2 Å². The Labute approximate surface area is 124 Å². The molecule has 0 saturated heterocycles. The van der Waals surface area contributed by atoms with Gasteiger partial charge in [-0.3, -0.25) is 4.79 Å². The molecule has 0 bridgehead atoms. The van der Waals surface area contributed by atoms with E-state index in [-0.39, 0.29) is 17.5 Å². The summed E-state index contributed by atoms with van der Waals surface area (Å²) in [6.45, 7) is 5.81. The first-order valence-corrected chi connectivity index (χ1v) is 6.93. The average molecular weight is 292 g/mol. The van der Waals surface area contributed by atoms with E-state index in [4.69, 9.17) is 11.0 Å². The number of nitrogen functional groups attached to an aromatic ring is 1. The molecule has 0 radical (unpaired) electrons. The van der Waals surface area contributed by atoms with E-state index in [1.807, 2.05) is 18.7 Å². The van der Waals surface area contributed by atoms with Gasteiger partial charge in [0.15, 0.2) is 0 Å². The Bertz CT molecular complexity index is 527. The largest absolute Gasteiger partial charge is 0.397 e. The quantitative estimate of drug-likeness (QED) is 0.755. The van der Waals surface area contributed by atoms with Crippen LogP contribution < -0.4 is 11.1 Å². The molecule has 1 atom stereocenters. The Kier molecular flexibility index (Phi) is 6.63. The molecule has 0 fully saturated rings. The second-order valence-corrected chi connectivity index (χ2v) is 4.95. The van der Waals surface area contributed by atoms with E-state index in [2.05, 4.69) is 11.4 Å². The van der Waals surface area contributed by atoms with Crippen LogP contribution in [0.1, 0.15) is 20.3 Å². The van der Waals surface area contributed by atoms with Crippen molar-refractivity contribution in [2.24, 2.45) is 5.92 Å². The number of hydrogen-bond acceptors (Lipinski definition) is 4. The average Bonchev–Trinajstić information content (AvgIpc) is 2.46. The number of amides is 1. The number of carbonyl (C=O) groups excluding carboxylic acids is 1. The van der Waals surface area contributed by atoms with Gasteiger partial charge in [0.25, 0.3) is 0 Å². The predicted octanol–water partition coefficient (Wildman–Crippen LogP) is 2.22. The minimum Gasteiger partial charge on any atom is -0.397 e. The first-order valence-electron chi connectivity index (χ1n) is 6.93. The minimum absolute atomic E-state index is 0.0687. The fourth-order valence-electron chi connectivity index (χ4n) is 1.93. The third-order valence-corrected chi connectivity index (χ3v) is 3.14. The lowest BCUT2D eigenvalue weighted by Crippen LogP contribution is -2.31. The number of hydrogen-bond donors (Lipinski definition) is 2. The Balaban J connectivity index is 2.48. The Morgan fingerprint density at radius 2 is 2.29 bits per heavy atom. The van der Waals surface area contributed by atoms with Crippen LogP contribution in [-0.4, -0.2) is 30.4 Å². The van der Waals surface area contributed by atoms with Gasteiger partial charge >= 0.3 is 0 Å². The number of nitrogens with zero attached hydrogens (tertiary/aromatic N) is 2. The molecule has 0 spiro atoms. The van der Waals surface area contributed by atoms with Gasteiger partial charge in [0.05, 0.1) is 23.4 Å². The highest BCUT2D eigenvalue weighted by molar-refractivity contribution is 5.93. The maximum absolute atomic E-state index is 12.9. The molecule has 1 aromatic carbocycles. The van der Waals surface area contributed by atoms with E-state index in [9.17, 15) is 9.18 Å². The summed E-state index contributed by atoms with van der Waals surface area (Å²) in [7, 11) is 0. The summed E-state index contributed by atoms with van der Waals surface area (Å²) in [5, 5.41) is 11.5. The smallest absolute Gasteiger partial charge is 0.225 e. The number of nitrogens with two attached hydrogens (primary N) is 1. The van der Waals surface area contributed by atoms with Gasteiger partial charge in [-0.25, -0.2) is 4.39 Å². The molecule has 0 aliphatic carbocycles. The molecular weight excluding hydrogens is 271 g/mol. The van der Waals surface area contributed by atoms with Crippen LogP contribution >= 0.6 is 0 Å². The van der Waals surface area contributed by atoms with Crippen LogP contribution in [-0.2, 0) is 4.79 Å². The number of carbonyl (C=O) groups is 1. The highest BCUT2D eigenvalue weighted by atomic mass is 19.1. The van der Waals surface area contributed by atoms with Gasteiger partial charge in [-0.15, -0.1) is 0 Å². The third kappa shape index (κ3) is 5.79. The first kappa shape index (κ1) is 16.9. The standard InChI is InChI=1S/C15H21FN4O/c1-3-20(10-11(2)9-17)7-6-15(21)19-14-5-4-12(16)8-13(14)18/h4-5,8,11H,3,6-7,10,18H2,1-2H3,(H,19,21). The van der Waals surface area contributed by atoms with Crippen LogP contribution in [0.25, 0.3) is 0 Å². The van der Waals surface area contributed by atoms with Crippen molar-refractivity contribution in [2.75, 3.05) is 30.7 Å². The molecule has 1 aromatic rings. The van der Waals surface area contributed by atoms with Gasteiger partial charge < -0.3 is 16.0 Å². The van der Waals surface area contributed by atoms with Crippen LogP contribution in [0.2, 0.25) is 0 Å². The number of halogens is 1. The van der Waals surface area contributed by atoms with E-state index in [0.29, 0.717) is 25.2 Å². The molecule has 5 nitrogen and oxygen atoms in total. The number of nitrogens with one attached hydrogen (secondary N) is 1. The van der Waals surface area contributed by atoms with Crippen LogP contribution in [0.3, 0.4) is 0 Å². The zero-order valence-corrected chi connectivity index (χ0v) is 12.4. The van der Waals surface area contributed by atoms with E-state index in [1.54, 1.807) is 0 Å². The summed E-state index contributed by atoms with van der Waals surface area (Å²) >= 11 is 0. The molecule has 1 amide bonds. The van der Waals surface area contributed by atoms with Gasteiger partial charge in [0, 0.05) is 19.5 Å². The highest BCUT2D eigenvalue weighted by Crippen LogP contribution is 2.19. The second kappa shape index (κ2) is 8.22. The van der Waals surface area contributed by atoms with Crippen LogP contribution in [0.4, 0.5) is 15.8 Å². The SMILES string of the molecule is CCN(CCC(=O)Nc1ccc(F)cc1N)CC(C)C#N. The van der Waals surface area contributed by atoms with Crippen molar-refractivity contribution in [3.05, 3.63) is 24.0 Å². The predicted molar refractivity (Wildman–Crippen MR) is 81.0 cm³/mol. The fraction of sp³-hybridized carbons (Fsp3) is 0.467. The summed E-state index contributed by atoms with van der Waals surface area (Å²) in [5.41, 5.74) is 6.25. The van der Waals surface area contributed by atoms with Gasteiger partial charge in [-0.2, -0.15) is 5.26 Å². The van der Waals surface area contributed by atoms with E-state index < -0.39 is 5.82 Å². The summed E-state index contributed by atoms with van der Waals surface area (Å²) < 4.78 is 12.9. The Morgan fingerprint density at radius 3 is 2.86 bits per heavy atom. The number of nitriles is 1. The van der Waals surface area contributed by atoms with Gasteiger partial charge in [0.1, 0.15) is 5.82 Å². The zero-order chi connectivity index (χ0) is 15.8. The van der Waals surface area contributed by atoms with Gasteiger partial charge in [0.2, 0.25) is 5.91 Å². The van der Waals surface area contributed by atoms with Crippen molar-refractivity contribution >= 4 is 17.3 Å². The summed E-state index contributed by atoms with van der Waals surface area (Å²) in [4.78, 5) is 13.9. The Morgan fingerprint density at radius 1 is 1.57 bits per heavy atom. The van der Waals surface area contributed by atoms with E-state index in [1.165, 1.54) is 18.2 Å². The summed E-state index contributed by atoms with van der Waals surface area (Å²) in [6, 6.07) is 6.04. The molecule has 0 heterocycles. The minimum atomic E-state index is -0.437. The third-order valence-electron chi connectivity index (χ3n) is 3.14. The highest BCUT2D eigenvalue weighted by Gasteiger charge is 2.11. The van der Waals surface area contributed by atoms with Crippen molar-refractivity contribution in [3.8, 4) is 6.07 Å². The maximum Gasteiger partial charge on any atom is 0.225 e. The maximum atomic E-state index is 12.9. The number of anilines is 2. The number of rotatable bonds is 7. The van der Waals surface area contributed by atoms with E-state index in [0.717, 1.165) is 6.54 Å². The molecule has 0 saturated carbocycles. The van der Waals surface area contributed by atoms with Crippen molar-refractivity contribution in [1.29, 1.82) is 5.26 Å². The first-order chi connectivity index (χ1) is 9.96. The van der Waals surface area contributed by atoms with Crippen molar-refractivity contribution in [3.63, 3.8) is 0 Å². The van der Waals surface area contributed by atoms with Crippen LogP contribution in [0.15, 0.2) is 18.2 Å². The van der Waals surface area contributed by atoms with Gasteiger partial charge in [-0.05, 0) is 31.7 Å². The van der Waals surface area contributed by atoms with Crippen LogP contribution in [0, 0.1) is 23.1 Å². The van der Waals surface area contributed by atoms with Crippen molar-refractivity contribution in [1.82, 2.24) is 4.90 Å². The molecule has 1 unspecified atom stereocenters. The van der Waals surface area contributed by atoms with Crippen molar-refractivity contribution in [2.45, 2.75) is 20.3 Å². The number of benzene rings is 1. The molecule has 3 N–H and O–H groups in total. The molecule has 0 aromatic heterocycles.